The van der Waals surface area contributed by atoms with Crippen LogP contribution in [0.2, 0.25) is 5.02 Å². The van der Waals surface area contributed by atoms with Crippen molar-refractivity contribution in [3.63, 3.8) is 0 Å². The van der Waals surface area contributed by atoms with Gasteiger partial charge in [-0.2, -0.15) is 0 Å². The van der Waals surface area contributed by atoms with Gasteiger partial charge in [-0.25, -0.2) is 0 Å². The Bertz CT molecular complexity index is 873. The highest BCUT2D eigenvalue weighted by molar-refractivity contribution is 8.00. The van der Waals surface area contributed by atoms with Gasteiger partial charge in [0.2, 0.25) is 0 Å². The number of hydrogen-bond acceptors (Lipinski definition) is 4. The van der Waals surface area contributed by atoms with E-state index in [1.54, 1.807) is 18.3 Å². The van der Waals surface area contributed by atoms with E-state index in [-0.39, 0.29) is 18.3 Å². The second kappa shape index (κ2) is 8.23. The molecular formula is C19H16ClNO3S. The summed E-state index contributed by atoms with van der Waals surface area (Å²) < 4.78 is 5.90. The van der Waals surface area contributed by atoms with E-state index in [1.165, 1.54) is 11.8 Å². The summed E-state index contributed by atoms with van der Waals surface area (Å²) in [7, 11) is 0. The number of benzene rings is 2. The molecule has 0 radical (unpaired) electrons. The van der Waals surface area contributed by atoms with E-state index in [2.05, 4.69) is 4.98 Å². The van der Waals surface area contributed by atoms with Gasteiger partial charge in [-0.3, -0.25) is 9.78 Å². The zero-order valence-corrected chi connectivity index (χ0v) is 14.8. The van der Waals surface area contributed by atoms with Crippen LogP contribution in [0.1, 0.15) is 6.42 Å². The maximum atomic E-state index is 11.2. The molecule has 1 aromatic heterocycles. The average Bonchev–Trinajstić information content (AvgIpc) is 2.62. The molecule has 4 nitrogen and oxygen atoms in total. The van der Waals surface area contributed by atoms with Crippen LogP contribution in [-0.4, -0.2) is 27.9 Å². The maximum Gasteiger partial charge on any atom is 0.304 e. The Morgan fingerprint density at radius 2 is 1.96 bits per heavy atom. The quantitative estimate of drug-likeness (QED) is 0.597. The summed E-state index contributed by atoms with van der Waals surface area (Å²) >= 11 is 7.68. The molecule has 1 heterocycles. The minimum absolute atomic E-state index is 0.0124. The summed E-state index contributed by atoms with van der Waals surface area (Å²) in [5, 5.41) is 10.4. The Labute approximate surface area is 154 Å². The summed E-state index contributed by atoms with van der Waals surface area (Å²) in [5.41, 5.74) is 0.675. The van der Waals surface area contributed by atoms with Gasteiger partial charge >= 0.3 is 5.97 Å². The molecule has 1 atom stereocenters. The number of thioether (sulfide) groups is 1. The van der Waals surface area contributed by atoms with Crippen molar-refractivity contribution in [3.05, 3.63) is 65.8 Å². The lowest BCUT2D eigenvalue weighted by atomic mass is 10.2. The van der Waals surface area contributed by atoms with Gasteiger partial charge in [0.15, 0.2) is 0 Å². The van der Waals surface area contributed by atoms with Crippen molar-refractivity contribution in [2.45, 2.75) is 16.6 Å². The van der Waals surface area contributed by atoms with E-state index >= 15 is 0 Å². The molecule has 0 spiro atoms. The molecule has 2 aromatic carbocycles. The van der Waals surface area contributed by atoms with Gasteiger partial charge in [-0.05, 0) is 36.4 Å². The van der Waals surface area contributed by atoms with Crippen molar-refractivity contribution < 1.29 is 14.6 Å². The standard InChI is InChI=1S/C19H16ClNO3S/c20-16-8-9-17(19-15(16)7-4-10-21-19)24-12-14(11-18(22)23)25-13-5-2-1-3-6-13/h1-10,14H,11-12H2,(H,22,23)/t14-/m0/s1. The smallest absolute Gasteiger partial charge is 0.304 e. The van der Waals surface area contributed by atoms with Crippen LogP contribution in [0.4, 0.5) is 0 Å². The molecule has 0 bridgehead atoms. The largest absolute Gasteiger partial charge is 0.490 e. The van der Waals surface area contributed by atoms with Crippen LogP contribution in [0.3, 0.4) is 0 Å². The number of pyridine rings is 1. The molecule has 0 saturated carbocycles. The number of nitrogens with zero attached hydrogens (tertiary/aromatic N) is 1. The van der Waals surface area contributed by atoms with Gasteiger partial charge in [-0.15, -0.1) is 11.8 Å². The topological polar surface area (TPSA) is 59.4 Å². The molecule has 128 valence electrons. The molecular weight excluding hydrogens is 358 g/mol. The van der Waals surface area contributed by atoms with Crippen LogP contribution in [0, 0.1) is 0 Å². The van der Waals surface area contributed by atoms with Gasteiger partial charge in [0.05, 0.1) is 16.7 Å². The number of carbonyl (C=O) groups is 1. The van der Waals surface area contributed by atoms with E-state index < -0.39 is 5.97 Å². The second-order valence-electron chi connectivity index (χ2n) is 5.41. The lowest BCUT2D eigenvalue weighted by molar-refractivity contribution is -0.137. The fourth-order valence-corrected chi connectivity index (χ4v) is 3.71. The third-order valence-electron chi connectivity index (χ3n) is 3.55. The van der Waals surface area contributed by atoms with Crippen molar-refractivity contribution in [2.75, 3.05) is 6.61 Å². The molecule has 3 aromatic rings. The number of carboxylic acids is 1. The number of aromatic nitrogens is 1. The fourth-order valence-electron chi connectivity index (χ4n) is 2.43. The van der Waals surface area contributed by atoms with E-state index in [0.29, 0.717) is 16.3 Å². The van der Waals surface area contributed by atoms with E-state index in [0.717, 1.165) is 10.3 Å². The number of halogens is 1. The number of aliphatic carboxylic acids is 1. The maximum absolute atomic E-state index is 11.2. The highest BCUT2D eigenvalue weighted by Crippen LogP contribution is 2.31. The van der Waals surface area contributed by atoms with Crippen molar-refractivity contribution in [1.29, 1.82) is 0 Å². The minimum Gasteiger partial charge on any atom is -0.490 e. The van der Waals surface area contributed by atoms with E-state index in [1.807, 2.05) is 42.5 Å². The zero-order chi connectivity index (χ0) is 17.6. The number of rotatable bonds is 7. The molecule has 0 aliphatic heterocycles. The number of ether oxygens (including phenoxy) is 1. The number of fused-ring (bicyclic) bond motifs is 1. The Morgan fingerprint density at radius 1 is 1.16 bits per heavy atom. The Balaban J connectivity index is 1.77. The average molecular weight is 374 g/mol. The van der Waals surface area contributed by atoms with Crippen LogP contribution in [0.25, 0.3) is 10.9 Å². The molecule has 0 unspecified atom stereocenters. The molecule has 0 aliphatic rings. The lowest BCUT2D eigenvalue weighted by Crippen LogP contribution is -2.18. The van der Waals surface area contributed by atoms with Crippen molar-refractivity contribution in [2.24, 2.45) is 0 Å². The van der Waals surface area contributed by atoms with Crippen LogP contribution in [0.5, 0.6) is 5.75 Å². The summed E-state index contributed by atoms with van der Waals surface area (Å²) in [5.74, 6) is -0.250. The first-order valence-corrected chi connectivity index (χ1v) is 8.99. The van der Waals surface area contributed by atoms with Crippen LogP contribution >= 0.6 is 23.4 Å². The van der Waals surface area contributed by atoms with E-state index in [9.17, 15) is 4.79 Å². The SMILES string of the molecule is O=C(O)C[C@@H](COc1ccc(Cl)c2cccnc12)Sc1ccccc1. The highest BCUT2D eigenvalue weighted by atomic mass is 35.5. The first kappa shape index (κ1) is 17.6. The highest BCUT2D eigenvalue weighted by Gasteiger charge is 2.17. The van der Waals surface area contributed by atoms with Gasteiger partial charge in [0, 0.05) is 16.5 Å². The van der Waals surface area contributed by atoms with Crippen LogP contribution in [-0.2, 0) is 4.79 Å². The van der Waals surface area contributed by atoms with Crippen molar-refractivity contribution in [3.8, 4) is 5.75 Å². The third-order valence-corrected chi connectivity index (χ3v) is 5.06. The number of hydrogen-bond donors (Lipinski definition) is 1. The molecule has 0 aliphatic carbocycles. The third kappa shape index (κ3) is 4.65. The fraction of sp³-hybridized carbons (Fsp3) is 0.158. The minimum atomic E-state index is -0.851. The molecule has 25 heavy (non-hydrogen) atoms. The van der Waals surface area contributed by atoms with Gasteiger partial charge in [0.1, 0.15) is 17.9 Å². The molecule has 0 fully saturated rings. The Hall–Kier alpha value is -2.24. The Kier molecular flexibility index (Phi) is 5.79. The van der Waals surface area contributed by atoms with Crippen LogP contribution < -0.4 is 4.74 Å². The second-order valence-corrected chi connectivity index (χ2v) is 7.19. The summed E-state index contributed by atoms with van der Waals surface area (Å²) in [6.45, 7) is 0.263. The first-order chi connectivity index (χ1) is 12.1. The molecule has 3 rings (SSSR count). The van der Waals surface area contributed by atoms with E-state index in [4.69, 9.17) is 21.4 Å². The van der Waals surface area contributed by atoms with Crippen molar-refractivity contribution in [1.82, 2.24) is 4.98 Å². The predicted octanol–water partition coefficient (Wildman–Crippen LogP) is 4.90. The summed E-state index contributed by atoms with van der Waals surface area (Å²) in [4.78, 5) is 16.5. The first-order valence-electron chi connectivity index (χ1n) is 7.73. The normalized spacial score (nSPS) is 12.0. The molecule has 0 saturated heterocycles. The van der Waals surface area contributed by atoms with Gasteiger partial charge in [0.25, 0.3) is 0 Å². The number of carboxylic acid groups (broad SMARTS) is 1. The molecule has 6 heteroatoms. The molecule has 0 amide bonds. The molecule has 1 N–H and O–H groups in total. The lowest BCUT2D eigenvalue weighted by Gasteiger charge is -2.16. The summed E-state index contributed by atoms with van der Waals surface area (Å²) in [6, 6.07) is 16.9. The Morgan fingerprint density at radius 3 is 2.72 bits per heavy atom. The van der Waals surface area contributed by atoms with Gasteiger partial charge < -0.3 is 9.84 Å². The monoisotopic (exact) mass is 373 g/mol. The van der Waals surface area contributed by atoms with Gasteiger partial charge in [-0.1, -0.05) is 29.8 Å². The predicted molar refractivity (Wildman–Crippen MR) is 101 cm³/mol. The zero-order valence-electron chi connectivity index (χ0n) is 13.3. The van der Waals surface area contributed by atoms with Crippen LogP contribution in [0.15, 0.2) is 65.7 Å². The van der Waals surface area contributed by atoms with Crippen molar-refractivity contribution >= 4 is 40.2 Å². The summed E-state index contributed by atoms with van der Waals surface area (Å²) in [6.07, 6.45) is 1.69.